The van der Waals surface area contributed by atoms with Crippen LogP contribution in [0.1, 0.15) is 42.5 Å². The number of benzene rings is 1. The van der Waals surface area contributed by atoms with E-state index in [0.29, 0.717) is 30.1 Å². The van der Waals surface area contributed by atoms with Crippen molar-refractivity contribution in [2.75, 3.05) is 13.1 Å². The van der Waals surface area contributed by atoms with Crippen molar-refractivity contribution in [1.82, 2.24) is 4.90 Å². The molecule has 1 aromatic rings. The van der Waals surface area contributed by atoms with Crippen LogP contribution in [0, 0.1) is 5.92 Å². The number of nitrogens with zero attached hydrogens (tertiary/aromatic N) is 1. The lowest BCUT2D eigenvalue weighted by molar-refractivity contribution is -0.0886. The molecule has 0 bridgehead atoms. The van der Waals surface area contributed by atoms with Crippen molar-refractivity contribution >= 4 is 17.5 Å². The van der Waals surface area contributed by atoms with E-state index in [1.807, 2.05) is 17.0 Å². The number of amides is 1. The van der Waals surface area contributed by atoms with Gasteiger partial charge in [-0.3, -0.25) is 4.79 Å². The van der Waals surface area contributed by atoms with E-state index < -0.39 is 5.60 Å². The summed E-state index contributed by atoms with van der Waals surface area (Å²) in [5.41, 5.74) is 0.0191. The largest absolute Gasteiger partial charge is 0.389 e. The SMILES string of the molecule is O=C(c1ccccc1Cl)N1CC[C@]2(O)CCCCC2C1. The third-order valence-corrected chi connectivity index (χ3v) is 5.15. The summed E-state index contributed by atoms with van der Waals surface area (Å²) in [6.07, 6.45) is 4.84. The Morgan fingerprint density at radius 2 is 2.10 bits per heavy atom. The Kier molecular flexibility index (Phi) is 3.74. The molecule has 1 aromatic carbocycles. The van der Waals surface area contributed by atoms with Gasteiger partial charge in [-0.15, -0.1) is 0 Å². The van der Waals surface area contributed by atoms with Gasteiger partial charge in [-0.05, 0) is 31.4 Å². The summed E-state index contributed by atoms with van der Waals surface area (Å²) in [7, 11) is 0. The van der Waals surface area contributed by atoms with Gasteiger partial charge >= 0.3 is 0 Å². The summed E-state index contributed by atoms with van der Waals surface area (Å²) in [6, 6.07) is 7.18. The number of carbonyl (C=O) groups is 1. The number of hydrogen-bond acceptors (Lipinski definition) is 2. The highest BCUT2D eigenvalue weighted by Gasteiger charge is 2.43. The van der Waals surface area contributed by atoms with Crippen LogP contribution in [0.5, 0.6) is 0 Å². The molecule has 4 heteroatoms. The minimum Gasteiger partial charge on any atom is -0.389 e. The topological polar surface area (TPSA) is 40.5 Å². The molecule has 20 heavy (non-hydrogen) atoms. The summed E-state index contributed by atoms with van der Waals surface area (Å²) in [6.45, 7) is 1.28. The maximum atomic E-state index is 12.6. The van der Waals surface area contributed by atoms with Crippen LogP contribution >= 0.6 is 11.6 Å². The van der Waals surface area contributed by atoms with Crippen LogP contribution in [0.4, 0.5) is 0 Å². The van der Waals surface area contributed by atoms with Gasteiger partial charge in [0.2, 0.25) is 0 Å². The molecule has 2 atom stereocenters. The van der Waals surface area contributed by atoms with Gasteiger partial charge in [-0.1, -0.05) is 36.6 Å². The maximum absolute atomic E-state index is 12.6. The van der Waals surface area contributed by atoms with Gasteiger partial charge in [0.05, 0.1) is 16.2 Å². The standard InChI is InChI=1S/C16H20ClNO2/c17-14-7-2-1-6-13(14)15(19)18-10-9-16(20)8-4-3-5-12(16)11-18/h1-2,6-7,12,20H,3-5,8-11H2/t12?,16-/m1/s1. The van der Waals surface area contributed by atoms with E-state index in [9.17, 15) is 9.90 Å². The van der Waals surface area contributed by atoms with Crippen molar-refractivity contribution in [3.8, 4) is 0 Å². The van der Waals surface area contributed by atoms with E-state index >= 15 is 0 Å². The first-order chi connectivity index (χ1) is 9.60. The van der Waals surface area contributed by atoms with E-state index in [1.165, 1.54) is 0 Å². The number of halogens is 1. The Morgan fingerprint density at radius 3 is 2.90 bits per heavy atom. The Hall–Kier alpha value is -1.06. The molecule has 2 aliphatic rings. The molecule has 1 saturated heterocycles. The van der Waals surface area contributed by atoms with Crippen LogP contribution in [0.2, 0.25) is 5.02 Å². The molecule has 1 aliphatic heterocycles. The van der Waals surface area contributed by atoms with Crippen LogP contribution in [0.25, 0.3) is 0 Å². The maximum Gasteiger partial charge on any atom is 0.255 e. The minimum absolute atomic E-state index is 0.0109. The molecular formula is C16H20ClNO2. The van der Waals surface area contributed by atoms with E-state index in [0.717, 1.165) is 25.7 Å². The van der Waals surface area contributed by atoms with Crippen molar-refractivity contribution in [3.05, 3.63) is 34.9 Å². The Bertz CT molecular complexity index is 519. The highest BCUT2D eigenvalue weighted by Crippen LogP contribution is 2.40. The molecule has 3 rings (SSSR count). The van der Waals surface area contributed by atoms with Gasteiger partial charge < -0.3 is 10.0 Å². The highest BCUT2D eigenvalue weighted by molar-refractivity contribution is 6.33. The molecule has 0 spiro atoms. The lowest BCUT2D eigenvalue weighted by atomic mass is 9.71. The van der Waals surface area contributed by atoms with Gasteiger partial charge in [0.15, 0.2) is 0 Å². The third-order valence-electron chi connectivity index (χ3n) is 4.82. The summed E-state index contributed by atoms with van der Waals surface area (Å²) in [5.74, 6) is 0.208. The number of carbonyl (C=O) groups excluding carboxylic acids is 1. The van der Waals surface area contributed by atoms with Crippen LogP contribution in [0.3, 0.4) is 0 Å². The zero-order valence-corrected chi connectivity index (χ0v) is 12.3. The Balaban J connectivity index is 1.76. The zero-order valence-electron chi connectivity index (χ0n) is 11.5. The molecule has 0 aromatic heterocycles. The average Bonchev–Trinajstić information content (AvgIpc) is 2.46. The molecule has 1 N–H and O–H groups in total. The van der Waals surface area contributed by atoms with Crippen molar-refractivity contribution < 1.29 is 9.90 Å². The van der Waals surface area contributed by atoms with Crippen molar-refractivity contribution in [1.29, 1.82) is 0 Å². The van der Waals surface area contributed by atoms with Gasteiger partial charge in [0, 0.05) is 19.0 Å². The molecule has 108 valence electrons. The van der Waals surface area contributed by atoms with Gasteiger partial charge in [-0.2, -0.15) is 0 Å². The van der Waals surface area contributed by atoms with Crippen molar-refractivity contribution in [3.63, 3.8) is 0 Å². The number of rotatable bonds is 1. The smallest absolute Gasteiger partial charge is 0.255 e. The molecule has 1 heterocycles. The lowest BCUT2D eigenvalue weighted by Gasteiger charge is -2.47. The second-order valence-corrected chi connectivity index (χ2v) is 6.43. The molecule has 0 radical (unpaired) electrons. The molecule has 2 fully saturated rings. The van der Waals surface area contributed by atoms with Gasteiger partial charge in [-0.25, -0.2) is 0 Å². The Morgan fingerprint density at radius 1 is 1.30 bits per heavy atom. The van der Waals surface area contributed by atoms with E-state index in [-0.39, 0.29) is 11.8 Å². The summed E-state index contributed by atoms with van der Waals surface area (Å²) < 4.78 is 0. The molecule has 1 aliphatic carbocycles. The molecule has 1 amide bonds. The van der Waals surface area contributed by atoms with Gasteiger partial charge in [0.25, 0.3) is 5.91 Å². The fourth-order valence-corrected chi connectivity index (χ4v) is 3.78. The average molecular weight is 294 g/mol. The second-order valence-electron chi connectivity index (χ2n) is 6.03. The minimum atomic E-state index is -0.546. The fourth-order valence-electron chi connectivity index (χ4n) is 3.56. The quantitative estimate of drug-likeness (QED) is 0.864. The predicted molar refractivity (Wildman–Crippen MR) is 78.9 cm³/mol. The second kappa shape index (κ2) is 5.38. The van der Waals surface area contributed by atoms with Gasteiger partial charge in [0.1, 0.15) is 0 Å². The number of hydrogen-bond donors (Lipinski definition) is 1. The first kappa shape index (κ1) is 13.9. The van der Waals surface area contributed by atoms with Crippen molar-refractivity contribution in [2.24, 2.45) is 5.92 Å². The number of fused-ring (bicyclic) bond motifs is 1. The number of likely N-dealkylation sites (tertiary alicyclic amines) is 1. The fraction of sp³-hybridized carbons (Fsp3) is 0.562. The monoisotopic (exact) mass is 293 g/mol. The highest BCUT2D eigenvalue weighted by atomic mass is 35.5. The summed E-state index contributed by atoms with van der Waals surface area (Å²) >= 11 is 6.11. The summed E-state index contributed by atoms with van der Waals surface area (Å²) in [5, 5.41) is 11.2. The van der Waals surface area contributed by atoms with Crippen LogP contribution in [-0.2, 0) is 0 Å². The first-order valence-electron chi connectivity index (χ1n) is 7.36. The Labute approximate surface area is 124 Å². The lowest BCUT2D eigenvalue weighted by Crippen LogP contribution is -2.54. The van der Waals surface area contributed by atoms with E-state index in [4.69, 9.17) is 11.6 Å². The normalized spacial score (nSPS) is 29.9. The van der Waals surface area contributed by atoms with Crippen molar-refractivity contribution in [2.45, 2.75) is 37.7 Å². The first-order valence-corrected chi connectivity index (χ1v) is 7.74. The predicted octanol–water partition coefficient (Wildman–Crippen LogP) is 3.11. The molecular weight excluding hydrogens is 274 g/mol. The number of aliphatic hydroxyl groups is 1. The zero-order chi connectivity index (χ0) is 14.2. The number of piperidine rings is 1. The van der Waals surface area contributed by atoms with E-state index in [2.05, 4.69) is 0 Å². The van der Waals surface area contributed by atoms with Crippen LogP contribution in [0.15, 0.2) is 24.3 Å². The molecule has 3 nitrogen and oxygen atoms in total. The molecule has 1 saturated carbocycles. The van der Waals surface area contributed by atoms with Crippen LogP contribution < -0.4 is 0 Å². The summed E-state index contributed by atoms with van der Waals surface area (Å²) in [4.78, 5) is 14.4. The van der Waals surface area contributed by atoms with E-state index in [1.54, 1.807) is 12.1 Å². The van der Waals surface area contributed by atoms with Crippen LogP contribution in [-0.4, -0.2) is 34.6 Å². The molecule has 1 unspecified atom stereocenters. The third kappa shape index (κ3) is 2.45.